The summed E-state index contributed by atoms with van der Waals surface area (Å²) < 4.78 is 6.93. The number of ether oxygens (including phenoxy) is 1. The Balaban J connectivity index is 2.06. The van der Waals surface area contributed by atoms with Gasteiger partial charge in [0.15, 0.2) is 0 Å². The molecular formula is C12H20N4O2. The maximum absolute atomic E-state index is 11.0. The van der Waals surface area contributed by atoms with Gasteiger partial charge in [-0.1, -0.05) is 5.21 Å². The van der Waals surface area contributed by atoms with Gasteiger partial charge >= 0.3 is 0 Å². The lowest BCUT2D eigenvalue weighted by Gasteiger charge is -2.06. The lowest BCUT2D eigenvalue weighted by Crippen LogP contribution is -2.16. The first-order valence-electron chi connectivity index (χ1n) is 6.39. The van der Waals surface area contributed by atoms with Crippen LogP contribution in [0.5, 0.6) is 0 Å². The minimum atomic E-state index is -0.351. The maximum atomic E-state index is 11.0. The topological polar surface area (TPSA) is 83.0 Å². The molecule has 1 aliphatic carbocycles. The molecule has 0 bridgehead atoms. The molecule has 18 heavy (non-hydrogen) atoms. The number of methoxy groups -OCH3 is 1. The van der Waals surface area contributed by atoms with E-state index in [0.717, 1.165) is 36.7 Å². The number of aromatic nitrogens is 3. The highest BCUT2D eigenvalue weighted by Gasteiger charge is 2.26. The number of nitrogens with zero attached hydrogens (tertiary/aromatic N) is 3. The number of hydrogen-bond acceptors (Lipinski definition) is 4. The zero-order chi connectivity index (χ0) is 13.0. The summed E-state index contributed by atoms with van der Waals surface area (Å²) in [6.45, 7) is 1.48. The van der Waals surface area contributed by atoms with Crippen LogP contribution in [0.25, 0.3) is 0 Å². The van der Waals surface area contributed by atoms with E-state index >= 15 is 0 Å². The molecule has 1 aromatic heterocycles. The number of carbonyl (C=O) groups is 1. The van der Waals surface area contributed by atoms with Crippen molar-refractivity contribution >= 4 is 5.91 Å². The molecule has 2 N–H and O–H groups in total. The van der Waals surface area contributed by atoms with Gasteiger partial charge in [0.1, 0.15) is 0 Å². The van der Waals surface area contributed by atoms with Crippen molar-refractivity contribution in [2.75, 3.05) is 13.7 Å². The van der Waals surface area contributed by atoms with E-state index in [1.807, 2.05) is 4.68 Å². The number of aryl methyl sites for hydroxylation is 1. The normalized spacial score (nSPS) is 14.9. The van der Waals surface area contributed by atoms with E-state index in [4.69, 9.17) is 10.5 Å². The molecule has 100 valence electrons. The van der Waals surface area contributed by atoms with Gasteiger partial charge in [0.25, 0.3) is 0 Å². The number of hydrogen-bond donors (Lipinski definition) is 1. The molecule has 0 aliphatic heterocycles. The van der Waals surface area contributed by atoms with Crippen LogP contribution in [0.4, 0.5) is 0 Å². The summed E-state index contributed by atoms with van der Waals surface area (Å²) in [7, 11) is 1.69. The van der Waals surface area contributed by atoms with Crippen LogP contribution in [0.2, 0.25) is 0 Å². The van der Waals surface area contributed by atoms with Crippen LogP contribution in [0, 0.1) is 5.92 Å². The van der Waals surface area contributed by atoms with Crippen molar-refractivity contribution in [3.63, 3.8) is 0 Å². The molecule has 0 unspecified atom stereocenters. The van der Waals surface area contributed by atoms with Crippen LogP contribution in [-0.2, 0) is 28.9 Å². The van der Waals surface area contributed by atoms with Crippen molar-refractivity contribution in [2.45, 2.75) is 38.6 Å². The zero-order valence-electron chi connectivity index (χ0n) is 10.8. The Hall–Kier alpha value is -1.43. The van der Waals surface area contributed by atoms with Gasteiger partial charge in [0.05, 0.1) is 17.8 Å². The molecule has 1 saturated carbocycles. The van der Waals surface area contributed by atoms with Crippen molar-refractivity contribution in [3.05, 3.63) is 11.4 Å². The van der Waals surface area contributed by atoms with Crippen LogP contribution in [-0.4, -0.2) is 34.6 Å². The van der Waals surface area contributed by atoms with E-state index < -0.39 is 0 Å². The number of rotatable bonds is 8. The average Bonchev–Trinajstić information content (AvgIpc) is 3.06. The molecule has 0 saturated heterocycles. The van der Waals surface area contributed by atoms with Gasteiger partial charge in [-0.05, 0) is 31.6 Å². The van der Waals surface area contributed by atoms with Crippen LogP contribution in [0.15, 0.2) is 0 Å². The first-order valence-corrected chi connectivity index (χ1v) is 6.39. The Kier molecular flexibility index (Phi) is 4.30. The van der Waals surface area contributed by atoms with Crippen molar-refractivity contribution in [3.8, 4) is 0 Å². The first kappa shape index (κ1) is 13.0. The van der Waals surface area contributed by atoms with Crippen molar-refractivity contribution in [2.24, 2.45) is 11.7 Å². The van der Waals surface area contributed by atoms with Crippen LogP contribution in [0.3, 0.4) is 0 Å². The predicted octanol–water partition coefficient (Wildman–Crippen LogP) is 0.295. The summed E-state index contributed by atoms with van der Waals surface area (Å²) in [6.07, 6.45) is 4.57. The molecule has 1 aromatic rings. The fourth-order valence-electron chi connectivity index (χ4n) is 2.03. The third-order valence-electron chi connectivity index (χ3n) is 3.16. The number of primary amides is 1. The second-order valence-corrected chi connectivity index (χ2v) is 4.84. The summed E-state index contributed by atoms with van der Waals surface area (Å²) in [5.41, 5.74) is 7.05. The van der Waals surface area contributed by atoms with E-state index in [1.54, 1.807) is 7.11 Å². The first-order chi connectivity index (χ1) is 8.70. The van der Waals surface area contributed by atoms with Gasteiger partial charge in [0.2, 0.25) is 5.91 Å². The smallest absolute Gasteiger partial charge is 0.223 e. The summed E-state index contributed by atoms with van der Waals surface area (Å²) in [5, 5.41) is 8.21. The molecule has 1 fully saturated rings. The minimum Gasteiger partial charge on any atom is -0.385 e. The van der Waals surface area contributed by atoms with Crippen molar-refractivity contribution < 1.29 is 9.53 Å². The van der Waals surface area contributed by atoms with Gasteiger partial charge in [-0.15, -0.1) is 5.10 Å². The SMILES string of the molecule is COCCCn1nnc(CC(N)=O)c1CC1CC1. The molecule has 0 atom stereocenters. The molecule has 1 heterocycles. The Morgan fingerprint density at radius 2 is 2.33 bits per heavy atom. The monoisotopic (exact) mass is 252 g/mol. The quantitative estimate of drug-likeness (QED) is 0.674. The van der Waals surface area contributed by atoms with Gasteiger partial charge in [-0.25, -0.2) is 4.68 Å². The van der Waals surface area contributed by atoms with Crippen molar-refractivity contribution in [1.82, 2.24) is 15.0 Å². The van der Waals surface area contributed by atoms with Crippen LogP contribution < -0.4 is 5.73 Å². The number of carbonyl (C=O) groups excluding carboxylic acids is 1. The Bertz CT molecular complexity index is 412. The molecule has 0 radical (unpaired) electrons. The Labute approximate surface area is 106 Å². The maximum Gasteiger partial charge on any atom is 0.223 e. The minimum absolute atomic E-state index is 0.187. The lowest BCUT2D eigenvalue weighted by atomic mass is 10.1. The predicted molar refractivity (Wildman–Crippen MR) is 65.8 cm³/mol. The Morgan fingerprint density at radius 1 is 1.56 bits per heavy atom. The largest absolute Gasteiger partial charge is 0.385 e. The molecular weight excluding hydrogens is 232 g/mol. The molecule has 1 amide bonds. The van der Waals surface area contributed by atoms with E-state index in [-0.39, 0.29) is 12.3 Å². The van der Waals surface area contributed by atoms with Gasteiger partial charge in [-0.3, -0.25) is 4.79 Å². The highest BCUT2D eigenvalue weighted by Crippen LogP contribution is 2.33. The van der Waals surface area contributed by atoms with Crippen molar-refractivity contribution in [1.29, 1.82) is 0 Å². The van der Waals surface area contributed by atoms with E-state index in [0.29, 0.717) is 6.61 Å². The van der Waals surface area contributed by atoms with Gasteiger partial charge in [-0.2, -0.15) is 0 Å². The van der Waals surface area contributed by atoms with Gasteiger partial charge < -0.3 is 10.5 Å². The summed E-state index contributed by atoms with van der Waals surface area (Å²) in [5.74, 6) is 0.382. The second-order valence-electron chi connectivity index (χ2n) is 4.84. The standard InChI is InChI=1S/C12H20N4O2/c1-18-6-2-5-16-11(7-9-3-4-9)10(14-15-16)8-12(13)17/h9H,2-8H2,1H3,(H2,13,17). The van der Waals surface area contributed by atoms with E-state index in [2.05, 4.69) is 10.3 Å². The highest BCUT2D eigenvalue weighted by atomic mass is 16.5. The molecule has 2 rings (SSSR count). The summed E-state index contributed by atoms with van der Waals surface area (Å²) in [6, 6.07) is 0. The van der Waals surface area contributed by atoms with Crippen LogP contribution >= 0.6 is 0 Å². The second kappa shape index (κ2) is 5.95. The molecule has 6 nitrogen and oxygen atoms in total. The van der Waals surface area contributed by atoms with Gasteiger partial charge in [0, 0.05) is 20.3 Å². The molecule has 1 aliphatic rings. The fraction of sp³-hybridized carbons (Fsp3) is 0.750. The molecule has 0 spiro atoms. The fourth-order valence-corrected chi connectivity index (χ4v) is 2.03. The third-order valence-corrected chi connectivity index (χ3v) is 3.16. The highest BCUT2D eigenvalue weighted by molar-refractivity contribution is 5.76. The summed E-state index contributed by atoms with van der Waals surface area (Å²) in [4.78, 5) is 11.0. The molecule has 6 heteroatoms. The van der Waals surface area contributed by atoms with Crippen LogP contribution in [0.1, 0.15) is 30.7 Å². The zero-order valence-corrected chi connectivity index (χ0v) is 10.8. The number of nitrogens with two attached hydrogens (primary N) is 1. The lowest BCUT2D eigenvalue weighted by molar-refractivity contribution is -0.117. The third kappa shape index (κ3) is 3.53. The van der Waals surface area contributed by atoms with E-state index in [1.165, 1.54) is 12.8 Å². The number of amides is 1. The Morgan fingerprint density at radius 3 is 2.94 bits per heavy atom. The average molecular weight is 252 g/mol. The molecule has 0 aromatic carbocycles. The summed E-state index contributed by atoms with van der Waals surface area (Å²) >= 11 is 0. The van der Waals surface area contributed by atoms with E-state index in [9.17, 15) is 4.79 Å².